The molecule has 1 aliphatic rings. The average molecular weight is 228 g/mol. The van der Waals surface area contributed by atoms with Crippen molar-refractivity contribution in [2.75, 3.05) is 11.9 Å². The Balaban J connectivity index is 2.17. The molecule has 0 unspecified atom stereocenters. The Hall–Kier alpha value is -1.84. The summed E-state index contributed by atoms with van der Waals surface area (Å²) in [6.45, 7) is 2.99. The fourth-order valence-corrected chi connectivity index (χ4v) is 2.47. The van der Waals surface area contributed by atoms with Crippen LogP contribution in [0.5, 0.6) is 0 Å². The minimum absolute atomic E-state index is 0.823. The quantitative estimate of drug-likeness (QED) is 0.813. The van der Waals surface area contributed by atoms with Crippen LogP contribution in [-0.2, 0) is 13.5 Å². The van der Waals surface area contributed by atoms with E-state index in [0.717, 1.165) is 24.6 Å². The topological polar surface area (TPSA) is 42.7 Å². The zero-order valence-electron chi connectivity index (χ0n) is 10.2. The molecule has 0 radical (unpaired) electrons. The first-order valence-electron chi connectivity index (χ1n) is 5.99. The average Bonchev–Trinajstić information content (AvgIpc) is 2.68. The van der Waals surface area contributed by atoms with E-state index in [9.17, 15) is 0 Å². The van der Waals surface area contributed by atoms with Crippen LogP contribution in [0.2, 0.25) is 0 Å². The van der Waals surface area contributed by atoms with Crippen LogP contribution in [0.15, 0.2) is 18.2 Å². The Kier molecular flexibility index (Phi) is 2.35. The first-order valence-corrected chi connectivity index (χ1v) is 5.99. The molecule has 0 atom stereocenters. The minimum atomic E-state index is 0.823. The highest BCUT2D eigenvalue weighted by Gasteiger charge is 2.16. The number of hydrogen-bond donors (Lipinski definition) is 1. The van der Waals surface area contributed by atoms with E-state index in [1.165, 1.54) is 23.2 Å². The number of fused-ring (bicyclic) bond motifs is 1. The molecule has 1 aromatic carbocycles. The summed E-state index contributed by atoms with van der Waals surface area (Å²) >= 11 is 0. The van der Waals surface area contributed by atoms with Crippen molar-refractivity contribution in [2.24, 2.45) is 7.05 Å². The van der Waals surface area contributed by atoms with Crippen LogP contribution in [0.25, 0.3) is 11.4 Å². The maximum Gasteiger partial charge on any atom is 0.158 e. The highest BCUT2D eigenvalue weighted by molar-refractivity contribution is 5.70. The molecule has 0 bridgehead atoms. The van der Waals surface area contributed by atoms with Gasteiger partial charge in [-0.05, 0) is 31.4 Å². The van der Waals surface area contributed by atoms with Gasteiger partial charge in [0.05, 0.1) is 0 Å². The van der Waals surface area contributed by atoms with Crippen molar-refractivity contribution in [3.05, 3.63) is 29.6 Å². The monoisotopic (exact) mass is 228 g/mol. The predicted octanol–water partition coefficient (Wildman–Crippen LogP) is 2.15. The molecule has 0 aliphatic carbocycles. The number of benzene rings is 1. The number of aromatic nitrogens is 3. The van der Waals surface area contributed by atoms with Gasteiger partial charge < -0.3 is 5.32 Å². The predicted molar refractivity (Wildman–Crippen MR) is 68.0 cm³/mol. The lowest BCUT2D eigenvalue weighted by Gasteiger charge is -2.20. The lowest BCUT2D eigenvalue weighted by molar-refractivity contribution is 0.760. The van der Waals surface area contributed by atoms with Crippen LogP contribution < -0.4 is 5.32 Å². The Bertz CT molecular complexity index is 557. The van der Waals surface area contributed by atoms with E-state index in [2.05, 4.69) is 33.6 Å². The van der Waals surface area contributed by atoms with Gasteiger partial charge in [0.15, 0.2) is 5.82 Å². The van der Waals surface area contributed by atoms with E-state index in [1.807, 2.05) is 18.7 Å². The summed E-state index contributed by atoms with van der Waals surface area (Å²) in [5.41, 5.74) is 3.82. The first-order chi connectivity index (χ1) is 8.25. The zero-order chi connectivity index (χ0) is 11.8. The summed E-state index contributed by atoms with van der Waals surface area (Å²) < 4.78 is 1.86. The molecular weight excluding hydrogens is 212 g/mol. The van der Waals surface area contributed by atoms with Gasteiger partial charge in [0.25, 0.3) is 0 Å². The van der Waals surface area contributed by atoms with E-state index in [1.54, 1.807) is 0 Å². The third-order valence-corrected chi connectivity index (χ3v) is 3.20. The van der Waals surface area contributed by atoms with Crippen molar-refractivity contribution in [1.29, 1.82) is 0 Å². The van der Waals surface area contributed by atoms with Crippen LogP contribution in [0.4, 0.5) is 5.69 Å². The molecule has 1 N–H and O–H groups in total. The molecule has 0 saturated carbocycles. The number of aryl methyl sites for hydroxylation is 2. The van der Waals surface area contributed by atoms with Crippen molar-refractivity contribution >= 4 is 5.69 Å². The molecule has 1 aromatic heterocycles. The first kappa shape index (κ1) is 10.3. The van der Waals surface area contributed by atoms with Crippen LogP contribution in [0.1, 0.15) is 17.8 Å². The van der Waals surface area contributed by atoms with E-state index in [4.69, 9.17) is 0 Å². The molecule has 4 nitrogen and oxygen atoms in total. The highest BCUT2D eigenvalue weighted by Crippen LogP contribution is 2.31. The van der Waals surface area contributed by atoms with Crippen molar-refractivity contribution in [2.45, 2.75) is 19.8 Å². The summed E-state index contributed by atoms with van der Waals surface area (Å²) in [5, 5.41) is 7.76. The fraction of sp³-hybridized carbons (Fsp3) is 0.385. The summed E-state index contributed by atoms with van der Waals surface area (Å²) in [6, 6.07) is 6.35. The van der Waals surface area contributed by atoms with Gasteiger partial charge in [0.2, 0.25) is 0 Å². The lowest BCUT2D eigenvalue weighted by Crippen LogP contribution is -2.13. The number of nitrogens with one attached hydrogen (secondary N) is 1. The molecule has 2 aromatic rings. The maximum absolute atomic E-state index is 4.51. The highest BCUT2D eigenvalue weighted by atomic mass is 15.3. The van der Waals surface area contributed by atoms with Gasteiger partial charge in [0.1, 0.15) is 5.82 Å². The Morgan fingerprint density at radius 3 is 3.00 bits per heavy atom. The summed E-state index contributed by atoms with van der Waals surface area (Å²) in [4.78, 5) is 4.51. The Morgan fingerprint density at radius 1 is 1.35 bits per heavy atom. The van der Waals surface area contributed by atoms with E-state index in [0.29, 0.717) is 0 Å². The summed E-state index contributed by atoms with van der Waals surface area (Å²) in [5.74, 6) is 1.78. The molecule has 4 heteroatoms. The molecule has 0 fully saturated rings. The third-order valence-electron chi connectivity index (χ3n) is 3.20. The van der Waals surface area contributed by atoms with Crippen molar-refractivity contribution in [3.8, 4) is 11.4 Å². The molecule has 17 heavy (non-hydrogen) atoms. The molecule has 88 valence electrons. The van der Waals surface area contributed by atoms with E-state index < -0.39 is 0 Å². The van der Waals surface area contributed by atoms with Gasteiger partial charge in [0, 0.05) is 24.8 Å². The van der Waals surface area contributed by atoms with Gasteiger partial charge in [-0.2, -0.15) is 5.10 Å². The number of nitrogens with zero attached hydrogens (tertiary/aromatic N) is 3. The Labute approximate surface area is 101 Å². The van der Waals surface area contributed by atoms with Gasteiger partial charge in [-0.3, -0.25) is 0 Å². The summed E-state index contributed by atoms with van der Waals surface area (Å²) in [7, 11) is 1.95. The van der Waals surface area contributed by atoms with Crippen LogP contribution in [-0.4, -0.2) is 21.3 Å². The fourth-order valence-electron chi connectivity index (χ4n) is 2.47. The molecule has 1 aliphatic heterocycles. The number of rotatable bonds is 1. The largest absolute Gasteiger partial charge is 0.385 e. The molecule has 0 amide bonds. The third kappa shape index (κ3) is 1.69. The number of anilines is 1. The van der Waals surface area contributed by atoms with E-state index in [-0.39, 0.29) is 0 Å². The van der Waals surface area contributed by atoms with E-state index >= 15 is 0 Å². The van der Waals surface area contributed by atoms with Crippen LogP contribution in [0.3, 0.4) is 0 Å². The van der Waals surface area contributed by atoms with Gasteiger partial charge in [-0.25, -0.2) is 9.67 Å². The van der Waals surface area contributed by atoms with Gasteiger partial charge in [-0.15, -0.1) is 0 Å². The van der Waals surface area contributed by atoms with Crippen molar-refractivity contribution in [1.82, 2.24) is 14.8 Å². The second kappa shape index (κ2) is 3.87. The molecule has 3 rings (SSSR count). The van der Waals surface area contributed by atoms with Crippen molar-refractivity contribution in [3.63, 3.8) is 0 Å². The van der Waals surface area contributed by atoms with Crippen LogP contribution >= 0.6 is 0 Å². The second-order valence-corrected chi connectivity index (χ2v) is 4.47. The SMILES string of the molecule is Cc1nc(-c2cccc3c2CCCN3)n(C)n1. The number of hydrogen-bond acceptors (Lipinski definition) is 3. The normalized spacial score (nSPS) is 14.2. The summed E-state index contributed by atoms with van der Waals surface area (Å²) in [6.07, 6.45) is 2.30. The second-order valence-electron chi connectivity index (χ2n) is 4.47. The molecule has 0 saturated heterocycles. The molecule has 2 heterocycles. The smallest absolute Gasteiger partial charge is 0.158 e. The molecular formula is C13H16N4. The molecule has 0 spiro atoms. The van der Waals surface area contributed by atoms with Gasteiger partial charge >= 0.3 is 0 Å². The van der Waals surface area contributed by atoms with Crippen molar-refractivity contribution < 1.29 is 0 Å². The lowest BCUT2D eigenvalue weighted by atomic mass is 9.97. The van der Waals surface area contributed by atoms with Gasteiger partial charge in [-0.1, -0.05) is 12.1 Å². The standard InChI is InChI=1S/C13H16N4/c1-9-15-13(17(2)16-9)11-5-3-7-12-10(11)6-4-8-14-12/h3,5,7,14H,4,6,8H2,1-2H3. The zero-order valence-corrected chi connectivity index (χ0v) is 10.2. The van der Waals surface area contributed by atoms with Crippen LogP contribution in [0, 0.1) is 6.92 Å². The maximum atomic E-state index is 4.51. The Morgan fingerprint density at radius 2 is 2.24 bits per heavy atom. The minimum Gasteiger partial charge on any atom is -0.385 e.